The molecular formula is C22H22N2O3S2. The van der Waals surface area contributed by atoms with Crippen LogP contribution in [0.25, 0.3) is 0 Å². The Hall–Kier alpha value is -2.51. The van der Waals surface area contributed by atoms with Crippen LogP contribution in [0.1, 0.15) is 16.8 Å². The Morgan fingerprint density at radius 2 is 1.93 bits per heavy atom. The third kappa shape index (κ3) is 4.57. The number of anilines is 1. The summed E-state index contributed by atoms with van der Waals surface area (Å²) >= 11 is 3.23. The molecule has 29 heavy (non-hydrogen) atoms. The van der Waals surface area contributed by atoms with Gasteiger partial charge in [0, 0.05) is 29.4 Å². The molecule has 0 atom stereocenters. The van der Waals surface area contributed by atoms with Gasteiger partial charge in [0.05, 0.1) is 26.3 Å². The summed E-state index contributed by atoms with van der Waals surface area (Å²) < 4.78 is 11.6. The number of amides is 1. The second-order valence-electron chi connectivity index (χ2n) is 6.72. The van der Waals surface area contributed by atoms with Gasteiger partial charge in [0.25, 0.3) is 0 Å². The third-order valence-electron chi connectivity index (χ3n) is 4.82. The minimum Gasteiger partial charge on any atom is -0.497 e. The zero-order chi connectivity index (χ0) is 20.2. The van der Waals surface area contributed by atoms with E-state index in [4.69, 9.17) is 9.47 Å². The highest BCUT2D eigenvalue weighted by atomic mass is 32.2. The molecule has 2 heterocycles. The highest BCUT2D eigenvalue weighted by Crippen LogP contribution is 2.31. The average molecular weight is 427 g/mol. The van der Waals surface area contributed by atoms with Gasteiger partial charge in [-0.25, -0.2) is 4.98 Å². The Kier molecular flexibility index (Phi) is 6.06. The first kappa shape index (κ1) is 19.8. The Morgan fingerprint density at radius 3 is 2.69 bits per heavy atom. The van der Waals surface area contributed by atoms with Crippen molar-refractivity contribution in [2.24, 2.45) is 0 Å². The number of fused-ring (bicyclic) bond motifs is 1. The average Bonchev–Trinajstić information content (AvgIpc) is 3.38. The molecule has 0 spiro atoms. The molecule has 0 radical (unpaired) electrons. The second kappa shape index (κ2) is 8.88. The van der Waals surface area contributed by atoms with Crippen LogP contribution in [0.4, 0.5) is 5.69 Å². The van der Waals surface area contributed by atoms with Gasteiger partial charge in [-0.15, -0.1) is 11.3 Å². The topological polar surface area (TPSA) is 51.7 Å². The molecule has 0 bridgehead atoms. The lowest BCUT2D eigenvalue weighted by Gasteiger charge is -2.16. The van der Waals surface area contributed by atoms with Gasteiger partial charge in [-0.05, 0) is 35.7 Å². The summed E-state index contributed by atoms with van der Waals surface area (Å²) in [6, 6.07) is 14.0. The molecule has 1 amide bonds. The molecule has 2 aromatic carbocycles. The maximum absolute atomic E-state index is 12.8. The van der Waals surface area contributed by atoms with Crippen LogP contribution in [0.3, 0.4) is 0 Å². The molecule has 0 unspecified atom stereocenters. The lowest BCUT2D eigenvalue weighted by atomic mass is 10.2. The van der Waals surface area contributed by atoms with Crippen molar-refractivity contribution in [2.75, 3.05) is 25.7 Å². The Morgan fingerprint density at radius 1 is 1.17 bits per heavy atom. The Balaban J connectivity index is 1.37. The van der Waals surface area contributed by atoms with Crippen molar-refractivity contribution in [1.82, 2.24) is 4.98 Å². The minimum absolute atomic E-state index is 0.106. The van der Waals surface area contributed by atoms with Crippen molar-refractivity contribution in [3.63, 3.8) is 0 Å². The maximum Gasteiger partial charge on any atom is 0.233 e. The van der Waals surface area contributed by atoms with Crippen LogP contribution >= 0.6 is 23.1 Å². The van der Waals surface area contributed by atoms with Crippen LogP contribution in [-0.2, 0) is 23.4 Å². The van der Waals surface area contributed by atoms with E-state index < -0.39 is 0 Å². The summed E-state index contributed by atoms with van der Waals surface area (Å²) in [4.78, 5) is 19.3. The van der Waals surface area contributed by atoms with Crippen molar-refractivity contribution in [3.8, 4) is 11.5 Å². The SMILES string of the molecule is COc1cc(CSc2nc(CC(=O)N3CCc4ccccc43)cs2)cc(OC)c1. The molecule has 4 rings (SSSR count). The summed E-state index contributed by atoms with van der Waals surface area (Å²) in [6.07, 6.45) is 1.25. The third-order valence-corrected chi connectivity index (χ3v) is 6.97. The van der Waals surface area contributed by atoms with E-state index in [0.29, 0.717) is 6.42 Å². The molecule has 0 aliphatic carbocycles. The van der Waals surface area contributed by atoms with Crippen LogP contribution in [0.15, 0.2) is 52.2 Å². The zero-order valence-corrected chi connectivity index (χ0v) is 18.0. The molecule has 5 nitrogen and oxygen atoms in total. The first-order valence-electron chi connectivity index (χ1n) is 9.33. The fraction of sp³-hybridized carbons (Fsp3) is 0.273. The van der Waals surface area contributed by atoms with Crippen molar-refractivity contribution in [2.45, 2.75) is 22.9 Å². The van der Waals surface area contributed by atoms with Gasteiger partial charge in [0.15, 0.2) is 0 Å². The summed E-state index contributed by atoms with van der Waals surface area (Å²) in [5.41, 5.74) is 4.21. The van der Waals surface area contributed by atoms with E-state index in [1.807, 2.05) is 46.7 Å². The number of ether oxygens (including phenoxy) is 2. The second-order valence-corrected chi connectivity index (χ2v) is 8.80. The van der Waals surface area contributed by atoms with Gasteiger partial charge in [-0.2, -0.15) is 0 Å². The first-order valence-corrected chi connectivity index (χ1v) is 11.2. The van der Waals surface area contributed by atoms with Crippen molar-refractivity contribution in [1.29, 1.82) is 0 Å². The van der Waals surface area contributed by atoms with Gasteiger partial charge in [-0.3, -0.25) is 4.79 Å². The van der Waals surface area contributed by atoms with E-state index in [1.54, 1.807) is 37.3 Å². The molecular weight excluding hydrogens is 404 g/mol. The molecule has 1 aliphatic heterocycles. The van der Waals surface area contributed by atoms with Crippen LogP contribution in [0.2, 0.25) is 0 Å². The summed E-state index contributed by atoms with van der Waals surface area (Å²) in [6.45, 7) is 0.752. The molecule has 0 fully saturated rings. The number of hydrogen-bond acceptors (Lipinski definition) is 6. The predicted molar refractivity (Wildman–Crippen MR) is 117 cm³/mol. The number of benzene rings is 2. The van der Waals surface area contributed by atoms with E-state index in [-0.39, 0.29) is 5.91 Å². The molecule has 150 valence electrons. The first-order chi connectivity index (χ1) is 14.2. The number of hydrogen-bond donors (Lipinski definition) is 0. The van der Waals surface area contributed by atoms with Crippen LogP contribution in [-0.4, -0.2) is 31.7 Å². The fourth-order valence-electron chi connectivity index (χ4n) is 3.38. The molecule has 0 saturated heterocycles. The van der Waals surface area contributed by atoms with Crippen LogP contribution in [0, 0.1) is 0 Å². The highest BCUT2D eigenvalue weighted by Gasteiger charge is 2.24. The highest BCUT2D eigenvalue weighted by molar-refractivity contribution is 8.00. The number of carbonyl (C=O) groups is 1. The normalized spacial score (nSPS) is 12.7. The monoisotopic (exact) mass is 426 g/mol. The number of thiazole rings is 1. The number of para-hydroxylation sites is 1. The smallest absolute Gasteiger partial charge is 0.233 e. The van der Waals surface area contributed by atoms with Crippen molar-refractivity contribution in [3.05, 3.63) is 64.7 Å². The van der Waals surface area contributed by atoms with Gasteiger partial charge < -0.3 is 14.4 Å². The van der Waals surface area contributed by atoms with E-state index in [9.17, 15) is 4.79 Å². The lowest BCUT2D eigenvalue weighted by molar-refractivity contribution is -0.117. The number of rotatable bonds is 7. The molecule has 1 aliphatic rings. The maximum atomic E-state index is 12.8. The predicted octanol–water partition coefficient (Wildman–Crippen LogP) is 4.58. The molecule has 3 aromatic rings. The van der Waals surface area contributed by atoms with E-state index in [1.165, 1.54) is 5.56 Å². The zero-order valence-electron chi connectivity index (χ0n) is 16.4. The summed E-state index contributed by atoms with van der Waals surface area (Å²) in [5, 5.41) is 1.98. The van der Waals surface area contributed by atoms with Crippen molar-refractivity contribution >= 4 is 34.7 Å². The summed E-state index contributed by atoms with van der Waals surface area (Å²) in [5.74, 6) is 2.41. The van der Waals surface area contributed by atoms with Crippen LogP contribution in [0.5, 0.6) is 11.5 Å². The minimum atomic E-state index is 0.106. The van der Waals surface area contributed by atoms with Gasteiger partial charge >= 0.3 is 0 Å². The lowest BCUT2D eigenvalue weighted by Crippen LogP contribution is -2.30. The molecule has 0 saturated carbocycles. The number of aromatic nitrogens is 1. The van der Waals surface area contributed by atoms with Gasteiger partial charge in [-0.1, -0.05) is 30.0 Å². The van der Waals surface area contributed by atoms with E-state index >= 15 is 0 Å². The fourth-order valence-corrected chi connectivity index (χ4v) is 5.15. The van der Waals surface area contributed by atoms with E-state index in [2.05, 4.69) is 11.1 Å². The van der Waals surface area contributed by atoms with E-state index in [0.717, 1.165) is 51.5 Å². The van der Waals surface area contributed by atoms with Gasteiger partial charge in [0.2, 0.25) is 5.91 Å². The number of carbonyl (C=O) groups excluding carboxylic acids is 1. The Bertz CT molecular complexity index is 997. The molecule has 0 N–H and O–H groups in total. The quantitative estimate of drug-likeness (QED) is 0.518. The number of methoxy groups -OCH3 is 2. The van der Waals surface area contributed by atoms with Crippen LogP contribution < -0.4 is 14.4 Å². The van der Waals surface area contributed by atoms with Gasteiger partial charge in [0.1, 0.15) is 15.8 Å². The standard InChI is InChI=1S/C22H22N2O3S2/c1-26-18-9-15(10-19(12-18)27-2)13-28-22-23-17(14-29-22)11-21(25)24-8-7-16-5-3-4-6-20(16)24/h3-6,9-10,12,14H,7-8,11,13H2,1-2H3. The molecule has 1 aromatic heterocycles. The molecule has 7 heteroatoms. The number of thioether (sulfide) groups is 1. The Labute approximate surface area is 178 Å². The summed E-state index contributed by atoms with van der Waals surface area (Å²) in [7, 11) is 3.29. The number of nitrogens with zero attached hydrogens (tertiary/aromatic N) is 2. The van der Waals surface area contributed by atoms with Crippen molar-refractivity contribution < 1.29 is 14.3 Å². The largest absolute Gasteiger partial charge is 0.497 e.